The van der Waals surface area contributed by atoms with Crippen LogP contribution in [0.25, 0.3) is 10.8 Å². The molecule has 1 amide bonds. The van der Waals surface area contributed by atoms with Crippen LogP contribution in [-0.2, 0) is 11.3 Å². The van der Waals surface area contributed by atoms with Crippen molar-refractivity contribution in [3.63, 3.8) is 0 Å². The Hall–Kier alpha value is -2.32. The van der Waals surface area contributed by atoms with Gasteiger partial charge in [0.15, 0.2) is 0 Å². The summed E-state index contributed by atoms with van der Waals surface area (Å²) in [5.74, 6) is -0.536. The Bertz CT molecular complexity index is 978. The lowest BCUT2D eigenvalue weighted by atomic mass is 10.2. The largest absolute Gasteiger partial charge is 0.437 e. The number of hydrogen-bond acceptors (Lipinski definition) is 6. The van der Waals surface area contributed by atoms with Gasteiger partial charge < -0.3 is 9.32 Å². The molecule has 0 spiro atoms. The Morgan fingerprint density at radius 1 is 1.31 bits per heavy atom. The number of thioether (sulfide) groups is 1. The molecule has 3 heterocycles. The van der Waals surface area contributed by atoms with Gasteiger partial charge in [-0.25, -0.2) is 4.79 Å². The van der Waals surface area contributed by atoms with Crippen molar-refractivity contribution in [2.45, 2.75) is 30.0 Å². The molecule has 1 atom stereocenters. The summed E-state index contributed by atoms with van der Waals surface area (Å²) < 4.78 is 6.29. The molecule has 0 bridgehead atoms. The number of anilines is 1. The zero-order valence-corrected chi connectivity index (χ0v) is 15.8. The normalized spacial score (nSPS) is 17.0. The van der Waals surface area contributed by atoms with Gasteiger partial charge in [-0.15, -0.1) is 28.2 Å². The summed E-state index contributed by atoms with van der Waals surface area (Å²) >= 11 is 3.20. The van der Waals surface area contributed by atoms with Gasteiger partial charge in [-0.1, -0.05) is 25.1 Å². The smallest absolute Gasteiger partial charge is 0.387 e. The predicted molar refractivity (Wildman–Crippen MR) is 103 cm³/mol. The van der Waals surface area contributed by atoms with Gasteiger partial charge in [0, 0.05) is 16.7 Å². The van der Waals surface area contributed by atoms with Gasteiger partial charge in [-0.05, 0) is 30.0 Å². The molecule has 8 heteroatoms. The molecule has 0 saturated heterocycles. The maximum Gasteiger partial charge on any atom is 0.437 e. The number of thiophene rings is 1. The number of nitrogens with zero attached hydrogens (tertiary/aromatic N) is 3. The summed E-state index contributed by atoms with van der Waals surface area (Å²) in [4.78, 5) is 28.6. The molecule has 2 aromatic heterocycles. The summed E-state index contributed by atoms with van der Waals surface area (Å²) in [6, 6.07) is 11.6. The Morgan fingerprint density at radius 3 is 2.96 bits per heavy atom. The minimum Gasteiger partial charge on any atom is -0.387 e. The first kappa shape index (κ1) is 17.1. The van der Waals surface area contributed by atoms with Crippen molar-refractivity contribution in [3.05, 3.63) is 52.3 Å². The van der Waals surface area contributed by atoms with Gasteiger partial charge in [-0.3, -0.25) is 4.79 Å². The lowest BCUT2D eigenvalue weighted by Gasteiger charge is -2.22. The fourth-order valence-electron chi connectivity index (χ4n) is 2.87. The number of hydrogen-bond donors (Lipinski definition) is 0. The summed E-state index contributed by atoms with van der Waals surface area (Å²) in [6.07, 6.45) is 0.888. The third kappa shape index (κ3) is 3.34. The zero-order valence-electron chi connectivity index (χ0n) is 14.1. The van der Waals surface area contributed by atoms with Crippen LogP contribution in [0.15, 0.2) is 55.9 Å². The van der Waals surface area contributed by atoms with Crippen LogP contribution < -0.4 is 10.7 Å². The fraction of sp³-hybridized carbons (Fsp3) is 0.278. The monoisotopic (exact) mass is 387 g/mol. The Morgan fingerprint density at radius 2 is 2.15 bits per heavy atom. The molecule has 0 radical (unpaired) electrons. The van der Waals surface area contributed by atoms with E-state index in [9.17, 15) is 9.59 Å². The van der Waals surface area contributed by atoms with Gasteiger partial charge >= 0.3 is 5.76 Å². The number of amides is 1. The zero-order chi connectivity index (χ0) is 18.1. The molecule has 1 unspecified atom stereocenters. The van der Waals surface area contributed by atoms with E-state index in [0.717, 1.165) is 26.6 Å². The van der Waals surface area contributed by atoms with Crippen LogP contribution in [0.2, 0.25) is 0 Å². The Balaban J connectivity index is 1.60. The molecule has 0 fully saturated rings. The number of carbonyl (C=O) groups is 1. The van der Waals surface area contributed by atoms with Crippen molar-refractivity contribution in [2.75, 3.05) is 11.4 Å². The van der Waals surface area contributed by atoms with E-state index in [4.69, 9.17) is 4.42 Å². The SMILES string of the molecule is CC1CCN(C(=O)Cn2nc(-c3cccs3)oc2=O)c2ccccc2S1. The minimum absolute atomic E-state index is 0.138. The molecular weight excluding hydrogens is 370 g/mol. The quantitative estimate of drug-likeness (QED) is 0.688. The van der Waals surface area contributed by atoms with E-state index in [1.807, 2.05) is 41.8 Å². The highest BCUT2D eigenvalue weighted by atomic mass is 32.2. The van der Waals surface area contributed by atoms with Crippen molar-refractivity contribution in [2.24, 2.45) is 0 Å². The fourth-order valence-corrected chi connectivity index (χ4v) is 4.62. The molecular formula is C18H17N3O3S2. The number of benzene rings is 1. The second kappa shape index (κ2) is 7.13. The van der Waals surface area contributed by atoms with Crippen molar-refractivity contribution in [3.8, 4) is 10.8 Å². The highest BCUT2D eigenvalue weighted by Crippen LogP contribution is 2.37. The molecule has 1 aliphatic heterocycles. The Labute approximate surface area is 158 Å². The number of aromatic nitrogens is 2. The lowest BCUT2D eigenvalue weighted by molar-refractivity contribution is -0.119. The molecule has 1 aromatic carbocycles. The molecule has 1 aliphatic rings. The number of carbonyl (C=O) groups excluding carboxylic acids is 1. The van der Waals surface area contributed by atoms with Gasteiger partial charge in [0.25, 0.3) is 5.89 Å². The van der Waals surface area contributed by atoms with Crippen LogP contribution in [0.1, 0.15) is 13.3 Å². The molecule has 0 N–H and O–H groups in total. The molecule has 134 valence electrons. The molecule has 0 aliphatic carbocycles. The highest BCUT2D eigenvalue weighted by molar-refractivity contribution is 8.00. The second-order valence-electron chi connectivity index (χ2n) is 6.04. The van der Waals surface area contributed by atoms with E-state index < -0.39 is 5.76 Å². The summed E-state index contributed by atoms with van der Waals surface area (Å²) in [6.45, 7) is 2.64. The molecule has 3 aromatic rings. The van der Waals surface area contributed by atoms with E-state index in [1.54, 1.807) is 16.7 Å². The first-order valence-electron chi connectivity index (χ1n) is 8.29. The van der Waals surface area contributed by atoms with E-state index in [1.165, 1.54) is 11.3 Å². The average Bonchev–Trinajstić information content (AvgIpc) is 3.23. The van der Waals surface area contributed by atoms with Crippen LogP contribution in [0, 0.1) is 0 Å². The third-order valence-corrected chi connectivity index (χ3v) is 6.26. The minimum atomic E-state index is -0.618. The highest BCUT2D eigenvalue weighted by Gasteiger charge is 2.25. The topological polar surface area (TPSA) is 68.3 Å². The first-order chi connectivity index (χ1) is 12.6. The third-order valence-electron chi connectivity index (χ3n) is 4.17. The molecule has 0 saturated carbocycles. The lowest BCUT2D eigenvalue weighted by Crippen LogP contribution is -2.37. The van der Waals surface area contributed by atoms with E-state index in [-0.39, 0.29) is 18.3 Å². The van der Waals surface area contributed by atoms with Crippen LogP contribution in [0.3, 0.4) is 0 Å². The summed E-state index contributed by atoms with van der Waals surface area (Å²) in [5.41, 5.74) is 0.891. The number of para-hydroxylation sites is 1. The van der Waals surface area contributed by atoms with Crippen molar-refractivity contribution in [1.29, 1.82) is 0 Å². The maximum atomic E-state index is 12.9. The van der Waals surface area contributed by atoms with Crippen molar-refractivity contribution in [1.82, 2.24) is 9.78 Å². The average molecular weight is 387 g/mol. The van der Waals surface area contributed by atoms with Crippen molar-refractivity contribution >= 4 is 34.7 Å². The van der Waals surface area contributed by atoms with E-state index >= 15 is 0 Å². The van der Waals surface area contributed by atoms with Crippen LogP contribution in [0.5, 0.6) is 0 Å². The molecule has 4 rings (SSSR count). The van der Waals surface area contributed by atoms with Crippen LogP contribution in [0.4, 0.5) is 5.69 Å². The maximum absolute atomic E-state index is 12.9. The second-order valence-corrected chi connectivity index (χ2v) is 8.47. The van der Waals surface area contributed by atoms with Gasteiger partial charge in [0.2, 0.25) is 5.91 Å². The van der Waals surface area contributed by atoms with Crippen molar-refractivity contribution < 1.29 is 9.21 Å². The van der Waals surface area contributed by atoms with Crippen LogP contribution in [-0.4, -0.2) is 27.5 Å². The van der Waals surface area contributed by atoms with Gasteiger partial charge in [0.05, 0.1) is 10.6 Å². The van der Waals surface area contributed by atoms with Gasteiger partial charge in [-0.2, -0.15) is 4.68 Å². The predicted octanol–water partition coefficient (Wildman–Crippen LogP) is 3.48. The summed E-state index contributed by atoms with van der Waals surface area (Å²) in [7, 11) is 0. The van der Waals surface area contributed by atoms with Gasteiger partial charge in [0.1, 0.15) is 6.54 Å². The number of rotatable bonds is 3. The van der Waals surface area contributed by atoms with E-state index in [0.29, 0.717) is 11.8 Å². The summed E-state index contributed by atoms with van der Waals surface area (Å²) in [5, 5.41) is 6.48. The standard InChI is InChI=1S/C18H17N3O3S2/c1-12-8-9-20(13-5-2-3-6-14(13)26-12)16(22)11-21-18(23)24-17(19-21)15-7-4-10-25-15/h2-7,10,12H,8-9,11H2,1H3. The first-order valence-corrected chi connectivity index (χ1v) is 10.1. The van der Waals surface area contributed by atoms with Crippen LogP contribution >= 0.6 is 23.1 Å². The van der Waals surface area contributed by atoms with E-state index in [2.05, 4.69) is 12.0 Å². The molecule has 26 heavy (non-hydrogen) atoms. The Kier molecular flexibility index (Phi) is 4.69. The molecule has 6 nitrogen and oxygen atoms in total. The number of fused-ring (bicyclic) bond motifs is 1.